The lowest BCUT2D eigenvalue weighted by Crippen LogP contribution is -2.18. The van der Waals surface area contributed by atoms with Crippen LogP contribution in [0.2, 0.25) is 0 Å². The van der Waals surface area contributed by atoms with Gasteiger partial charge in [-0.15, -0.1) is 11.6 Å². The predicted octanol–water partition coefficient (Wildman–Crippen LogP) is 8.03. The summed E-state index contributed by atoms with van der Waals surface area (Å²) in [6.07, 6.45) is 6.22. The maximum atomic E-state index is 6.01. The van der Waals surface area contributed by atoms with E-state index in [0.29, 0.717) is 12.5 Å². The largest absolute Gasteiger partial charge is 0.492 e. The van der Waals surface area contributed by atoms with Crippen LogP contribution in [-0.4, -0.2) is 28.9 Å². The van der Waals surface area contributed by atoms with Crippen molar-refractivity contribution >= 4 is 33.7 Å². The van der Waals surface area contributed by atoms with Gasteiger partial charge in [0.15, 0.2) is 6.23 Å². The van der Waals surface area contributed by atoms with Gasteiger partial charge in [0.25, 0.3) is 0 Å². The molecular formula is C31H33ClN2O2. The number of halogens is 1. The van der Waals surface area contributed by atoms with Crippen molar-refractivity contribution in [1.82, 2.24) is 9.78 Å². The molecule has 3 aromatic carbocycles. The van der Waals surface area contributed by atoms with E-state index < -0.39 is 0 Å². The minimum absolute atomic E-state index is 0.0239. The van der Waals surface area contributed by atoms with E-state index in [-0.39, 0.29) is 6.23 Å². The van der Waals surface area contributed by atoms with Crippen LogP contribution in [0.3, 0.4) is 0 Å². The van der Waals surface area contributed by atoms with E-state index in [4.69, 9.17) is 26.2 Å². The van der Waals surface area contributed by atoms with Gasteiger partial charge in [-0.2, -0.15) is 5.10 Å². The van der Waals surface area contributed by atoms with Crippen LogP contribution < -0.4 is 4.74 Å². The van der Waals surface area contributed by atoms with Gasteiger partial charge in [-0.1, -0.05) is 49.4 Å². The lowest BCUT2D eigenvalue weighted by molar-refractivity contribution is -0.0366. The molecule has 4 nitrogen and oxygen atoms in total. The van der Waals surface area contributed by atoms with Crippen LogP contribution in [0.15, 0.2) is 72.9 Å². The highest BCUT2D eigenvalue weighted by Gasteiger charge is 2.20. The Kier molecular flexibility index (Phi) is 7.74. The number of aryl methyl sites for hydroxylation is 1. The van der Waals surface area contributed by atoms with E-state index >= 15 is 0 Å². The first kappa shape index (κ1) is 24.6. The molecule has 0 amide bonds. The lowest BCUT2D eigenvalue weighted by atomic mass is 9.86. The zero-order valence-electron chi connectivity index (χ0n) is 21.0. The molecule has 5 rings (SSSR count). The third-order valence-corrected chi connectivity index (χ3v) is 7.08. The highest BCUT2D eigenvalue weighted by Crippen LogP contribution is 2.37. The van der Waals surface area contributed by atoms with E-state index in [0.717, 1.165) is 48.1 Å². The Bertz CT molecular complexity index is 1350. The molecule has 0 saturated carbocycles. The zero-order chi connectivity index (χ0) is 24.9. The van der Waals surface area contributed by atoms with Crippen molar-refractivity contribution in [2.75, 3.05) is 19.1 Å². The van der Waals surface area contributed by atoms with Gasteiger partial charge in [-0.25, -0.2) is 4.68 Å². The molecule has 1 aromatic heterocycles. The SMILES string of the molecule is CCC(=C(c1ccc(OCCCl)cc1)c1ccc2c(cnn2C2CCCCO2)c1)c1ccccc1C. The summed E-state index contributed by atoms with van der Waals surface area (Å²) >= 11 is 5.81. The number of hydrogen-bond donors (Lipinski definition) is 0. The van der Waals surface area contributed by atoms with Gasteiger partial charge in [0, 0.05) is 12.0 Å². The topological polar surface area (TPSA) is 36.3 Å². The van der Waals surface area contributed by atoms with Crippen LogP contribution in [0.1, 0.15) is 61.1 Å². The molecule has 1 unspecified atom stereocenters. The van der Waals surface area contributed by atoms with Gasteiger partial charge in [0.1, 0.15) is 12.4 Å². The molecule has 4 aromatic rings. The van der Waals surface area contributed by atoms with Crippen LogP contribution >= 0.6 is 11.6 Å². The molecule has 186 valence electrons. The molecule has 0 N–H and O–H groups in total. The number of rotatable bonds is 8. The second-order valence-electron chi connectivity index (χ2n) is 9.27. The number of ether oxygens (including phenoxy) is 2. The molecule has 0 radical (unpaired) electrons. The molecule has 2 heterocycles. The van der Waals surface area contributed by atoms with Crippen molar-refractivity contribution < 1.29 is 9.47 Å². The number of aromatic nitrogens is 2. The maximum absolute atomic E-state index is 6.01. The Morgan fingerprint density at radius 1 is 1.06 bits per heavy atom. The van der Waals surface area contributed by atoms with Gasteiger partial charge in [-0.3, -0.25) is 0 Å². The molecule has 1 saturated heterocycles. The number of benzene rings is 3. The highest BCUT2D eigenvalue weighted by molar-refractivity contribution is 6.18. The van der Waals surface area contributed by atoms with Gasteiger partial charge in [0.05, 0.1) is 17.6 Å². The van der Waals surface area contributed by atoms with Crippen molar-refractivity contribution in [3.05, 3.63) is 95.2 Å². The smallest absolute Gasteiger partial charge is 0.150 e. The van der Waals surface area contributed by atoms with Gasteiger partial charge in [0.2, 0.25) is 0 Å². The average Bonchev–Trinajstić information content (AvgIpc) is 3.35. The van der Waals surface area contributed by atoms with Crippen molar-refractivity contribution in [3.8, 4) is 5.75 Å². The Balaban J connectivity index is 1.63. The standard InChI is InChI=1S/C31H33ClN2O2/c1-3-27(28-9-5-4-8-22(28)2)31(23-11-14-26(15-12-23)35-19-17-32)24-13-16-29-25(20-24)21-33-34(29)30-10-6-7-18-36-30/h4-5,8-9,11-16,20-21,30H,3,6-7,10,17-19H2,1-2H3. The molecule has 1 aliphatic heterocycles. The fourth-order valence-electron chi connectivity index (χ4n) is 5.16. The number of alkyl halides is 1. The molecule has 0 bridgehead atoms. The molecule has 0 aliphatic carbocycles. The summed E-state index contributed by atoms with van der Waals surface area (Å²) in [5, 5.41) is 5.84. The molecule has 1 atom stereocenters. The van der Waals surface area contributed by atoms with Gasteiger partial charge in [-0.05, 0) is 90.3 Å². The van der Waals surface area contributed by atoms with Crippen molar-refractivity contribution in [2.45, 2.75) is 45.8 Å². The quantitative estimate of drug-likeness (QED) is 0.181. The van der Waals surface area contributed by atoms with E-state index in [1.807, 2.05) is 23.0 Å². The van der Waals surface area contributed by atoms with Gasteiger partial charge < -0.3 is 9.47 Å². The molecule has 5 heteroatoms. The summed E-state index contributed by atoms with van der Waals surface area (Å²) in [5.74, 6) is 1.30. The van der Waals surface area contributed by atoms with Crippen molar-refractivity contribution in [3.63, 3.8) is 0 Å². The molecule has 0 spiro atoms. The Morgan fingerprint density at radius 2 is 1.86 bits per heavy atom. The normalized spacial score (nSPS) is 16.7. The summed E-state index contributed by atoms with van der Waals surface area (Å²) in [6.45, 7) is 5.72. The molecule has 1 aliphatic rings. The first-order chi connectivity index (χ1) is 17.7. The summed E-state index contributed by atoms with van der Waals surface area (Å²) in [5.41, 5.74) is 8.57. The minimum Gasteiger partial charge on any atom is -0.492 e. The van der Waals surface area contributed by atoms with Crippen molar-refractivity contribution in [1.29, 1.82) is 0 Å². The number of nitrogens with zero attached hydrogens (tertiary/aromatic N) is 2. The van der Waals surface area contributed by atoms with E-state index in [1.165, 1.54) is 34.3 Å². The third kappa shape index (κ3) is 5.07. The number of fused-ring (bicyclic) bond motifs is 1. The Morgan fingerprint density at radius 3 is 2.58 bits per heavy atom. The van der Waals surface area contributed by atoms with Gasteiger partial charge >= 0.3 is 0 Å². The Hall–Kier alpha value is -3.08. The fourth-order valence-corrected chi connectivity index (χ4v) is 5.23. The van der Waals surface area contributed by atoms with E-state index in [1.54, 1.807) is 0 Å². The fraction of sp³-hybridized carbons (Fsp3) is 0.323. The van der Waals surface area contributed by atoms with Crippen LogP contribution in [-0.2, 0) is 4.74 Å². The highest BCUT2D eigenvalue weighted by atomic mass is 35.5. The minimum atomic E-state index is 0.0239. The summed E-state index contributed by atoms with van der Waals surface area (Å²) in [6, 6.07) is 23.7. The first-order valence-electron chi connectivity index (χ1n) is 12.9. The van der Waals surface area contributed by atoms with E-state index in [9.17, 15) is 0 Å². The first-order valence-corrected chi connectivity index (χ1v) is 13.4. The monoisotopic (exact) mass is 500 g/mol. The number of hydrogen-bond acceptors (Lipinski definition) is 3. The summed E-state index contributed by atoms with van der Waals surface area (Å²) in [4.78, 5) is 0. The van der Waals surface area contributed by atoms with Crippen LogP contribution in [0, 0.1) is 6.92 Å². The second-order valence-corrected chi connectivity index (χ2v) is 9.65. The molecular weight excluding hydrogens is 468 g/mol. The molecule has 1 fully saturated rings. The average molecular weight is 501 g/mol. The predicted molar refractivity (Wildman–Crippen MR) is 149 cm³/mol. The maximum Gasteiger partial charge on any atom is 0.150 e. The van der Waals surface area contributed by atoms with Crippen LogP contribution in [0.4, 0.5) is 0 Å². The van der Waals surface area contributed by atoms with Crippen LogP contribution in [0.5, 0.6) is 5.75 Å². The lowest BCUT2D eigenvalue weighted by Gasteiger charge is -2.23. The van der Waals surface area contributed by atoms with Crippen molar-refractivity contribution in [2.24, 2.45) is 0 Å². The molecule has 36 heavy (non-hydrogen) atoms. The third-order valence-electron chi connectivity index (χ3n) is 6.93. The van der Waals surface area contributed by atoms with Crippen LogP contribution in [0.25, 0.3) is 22.0 Å². The summed E-state index contributed by atoms with van der Waals surface area (Å²) in [7, 11) is 0. The second kappa shape index (κ2) is 11.3. The number of allylic oxidation sites excluding steroid dienone is 1. The summed E-state index contributed by atoms with van der Waals surface area (Å²) < 4.78 is 13.8. The Labute approximate surface area is 218 Å². The van der Waals surface area contributed by atoms with E-state index in [2.05, 4.69) is 68.4 Å². The zero-order valence-corrected chi connectivity index (χ0v) is 21.8.